The summed E-state index contributed by atoms with van der Waals surface area (Å²) in [5, 5.41) is 0. The van der Waals surface area contributed by atoms with Crippen LogP contribution in [0.3, 0.4) is 0 Å². The number of fused-ring (bicyclic) bond motifs is 1. The maximum absolute atomic E-state index is 12.1. The molecule has 3 rings (SSSR count). The molecular formula is C15H16O6. The number of carbonyl (C=O) groups is 2. The van der Waals surface area contributed by atoms with E-state index in [9.17, 15) is 9.59 Å². The summed E-state index contributed by atoms with van der Waals surface area (Å²) in [6, 6.07) is 8.56. The highest BCUT2D eigenvalue weighted by Gasteiger charge is 2.54. The van der Waals surface area contributed by atoms with E-state index in [1.165, 1.54) is 0 Å². The van der Waals surface area contributed by atoms with Crippen LogP contribution in [0.1, 0.15) is 24.2 Å². The third kappa shape index (κ3) is 2.83. The molecule has 0 radical (unpaired) electrons. The van der Waals surface area contributed by atoms with Gasteiger partial charge in [0, 0.05) is 0 Å². The van der Waals surface area contributed by atoms with Crippen LogP contribution < -0.4 is 0 Å². The summed E-state index contributed by atoms with van der Waals surface area (Å²) < 4.78 is 21.5. The predicted molar refractivity (Wildman–Crippen MR) is 70.4 cm³/mol. The van der Waals surface area contributed by atoms with Crippen molar-refractivity contribution in [2.24, 2.45) is 0 Å². The molecule has 112 valence electrons. The second-order valence-electron chi connectivity index (χ2n) is 5.42. The minimum absolute atomic E-state index is 0.146. The zero-order valence-electron chi connectivity index (χ0n) is 11.8. The van der Waals surface area contributed by atoms with Gasteiger partial charge in [0.2, 0.25) is 0 Å². The number of benzene rings is 1. The number of carbonyl (C=O) groups excluding carboxylic acids is 2. The van der Waals surface area contributed by atoms with Crippen molar-refractivity contribution in [1.82, 2.24) is 0 Å². The summed E-state index contributed by atoms with van der Waals surface area (Å²) in [6.07, 6.45) is -2.32. The Hall–Kier alpha value is -1.76. The minimum Gasteiger partial charge on any atom is -0.459 e. The fourth-order valence-electron chi connectivity index (χ4n) is 2.36. The summed E-state index contributed by atoms with van der Waals surface area (Å²) in [7, 11) is 0. The zero-order valence-corrected chi connectivity index (χ0v) is 11.8. The molecule has 21 heavy (non-hydrogen) atoms. The predicted octanol–water partition coefficient (Wildman–Crippen LogP) is 1.29. The van der Waals surface area contributed by atoms with Crippen molar-refractivity contribution in [2.75, 3.05) is 6.61 Å². The van der Waals surface area contributed by atoms with E-state index < -0.39 is 30.3 Å². The molecule has 6 heteroatoms. The lowest BCUT2D eigenvalue weighted by molar-refractivity contribution is -0.207. The Morgan fingerprint density at radius 2 is 1.95 bits per heavy atom. The molecule has 2 aliphatic rings. The Morgan fingerprint density at radius 1 is 1.24 bits per heavy atom. The van der Waals surface area contributed by atoms with Gasteiger partial charge in [-0.1, -0.05) is 18.2 Å². The monoisotopic (exact) mass is 292 g/mol. The van der Waals surface area contributed by atoms with Gasteiger partial charge >= 0.3 is 5.97 Å². The van der Waals surface area contributed by atoms with Gasteiger partial charge in [0.05, 0.1) is 5.56 Å². The van der Waals surface area contributed by atoms with Crippen molar-refractivity contribution in [3.63, 3.8) is 0 Å². The quantitative estimate of drug-likeness (QED) is 0.782. The summed E-state index contributed by atoms with van der Waals surface area (Å²) in [6.45, 7) is 3.28. The number of Topliss-reactive ketones (excluding diaryl/α,β-unsaturated/α-hetero) is 1. The lowest BCUT2D eigenvalue weighted by Crippen LogP contribution is -2.33. The van der Waals surface area contributed by atoms with Crippen molar-refractivity contribution in [3.05, 3.63) is 35.9 Å². The van der Waals surface area contributed by atoms with E-state index in [0.29, 0.717) is 5.56 Å². The first-order chi connectivity index (χ1) is 9.96. The third-order valence-electron chi connectivity index (χ3n) is 3.33. The number of rotatable bonds is 3. The molecule has 2 fully saturated rings. The number of ether oxygens (including phenoxy) is 4. The van der Waals surface area contributed by atoms with E-state index in [4.69, 9.17) is 18.9 Å². The first kappa shape index (κ1) is 14.2. The number of esters is 1. The van der Waals surface area contributed by atoms with Gasteiger partial charge < -0.3 is 18.9 Å². The smallest absolute Gasteiger partial charge is 0.338 e. The van der Waals surface area contributed by atoms with E-state index in [0.717, 1.165) is 0 Å². The molecule has 0 aromatic heterocycles. The van der Waals surface area contributed by atoms with Crippen LogP contribution in [0.5, 0.6) is 0 Å². The molecule has 1 aromatic carbocycles. The Balaban J connectivity index is 1.56. The van der Waals surface area contributed by atoms with E-state index in [2.05, 4.69) is 0 Å². The minimum atomic E-state index is -0.844. The van der Waals surface area contributed by atoms with Crippen LogP contribution in [0.4, 0.5) is 0 Å². The first-order valence-electron chi connectivity index (χ1n) is 6.73. The van der Waals surface area contributed by atoms with Gasteiger partial charge in [-0.2, -0.15) is 0 Å². The van der Waals surface area contributed by atoms with Crippen LogP contribution in [0.2, 0.25) is 0 Å². The highest BCUT2D eigenvalue weighted by Crippen LogP contribution is 2.35. The Kier molecular flexibility index (Phi) is 3.52. The lowest BCUT2D eigenvalue weighted by Gasteiger charge is -2.19. The van der Waals surface area contributed by atoms with Crippen LogP contribution >= 0.6 is 0 Å². The molecular weight excluding hydrogens is 276 g/mol. The van der Waals surface area contributed by atoms with Crippen molar-refractivity contribution in [3.8, 4) is 0 Å². The molecule has 2 aliphatic heterocycles. The zero-order chi connectivity index (χ0) is 15.0. The van der Waals surface area contributed by atoms with E-state index in [-0.39, 0.29) is 12.4 Å². The summed E-state index contributed by atoms with van der Waals surface area (Å²) in [5.74, 6) is -1.59. The van der Waals surface area contributed by atoms with E-state index in [1.807, 2.05) is 0 Å². The second kappa shape index (κ2) is 5.22. The van der Waals surface area contributed by atoms with Crippen LogP contribution in [-0.4, -0.2) is 42.6 Å². The van der Waals surface area contributed by atoms with Crippen molar-refractivity contribution in [2.45, 2.75) is 38.1 Å². The number of hydrogen-bond donors (Lipinski definition) is 0. The van der Waals surface area contributed by atoms with Crippen molar-refractivity contribution >= 4 is 11.8 Å². The molecule has 3 unspecified atom stereocenters. The topological polar surface area (TPSA) is 71.1 Å². The highest BCUT2D eigenvalue weighted by atomic mass is 16.8. The number of ketones is 1. The van der Waals surface area contributed by atoms with Gasteiger partial charge in [0.25, 0.3) is 0 Å². The van der Waals surface area contributed by atoms with Gasteiger partial charge in [0.15, 0.2) is 30.1 Å². The Labute approximate surface area is 121 Å². The normalized spacial score (nSPS) is 30.2. The fraction of sp³-hybridized carbons (Fsp3) is 0.467. The molecule has 2 saturated heterocycles. The van der Waals surface area contributed by atoms with Crippen LogP contribution in [0.25, 0.3) is 0 Å². The van der Waals surface area contributed by atoms with Gasteiger partial charge in [-0.15, -0.1) is 0 Å². The molecule has 0 bridgehead atoms. The maximum atomic E-state index is 12.1. The van der Waals surface area contributed by atoms with Crippen LogP contribution in [0.15, 0.2) is 30.3 Å². The molecule has 3 atom stereocenters. The largest absolute Gasteiger partial charge is 0.459 e. The Bertz CT molecular complexity index is 553. The average Bonchev–Trinajstić information content (AvgIpc) is 2.91. The van der Waals surface area contributed by atoms with Gasteiger partial charge in [0.1, 0.15) is 6.61 Å². The van der Waals surface area contributed by atoms with E-state index in [1.54, 1.807) is 44.2 Å². The lowest BCUT2D eigenvalue weighted by atomic mass is 10.2. The Morgan fingerprint density at radius 3 is 2.62 bits per heavy atom. The van der Waals surface area contributed by atoms with Gasteiger partial charge in [-0.3, -0.25) is 4.79 Å². The fourth-order valence-corrected chi connectivity index (χ4v) is 2.36. The van der Waals surface area contributed by atoms with Crippen molar-refractivity contribution in [1.29, 1.82) is 0 Å². The molecule has 0 saturated carbocycles. The molecule has 0 aliphatic carbocycles. The molecule has 0 spiro atoms. The first-order valence-corrected chi connectivity index (χ1v) is 6.73. The molecule has 0 N–H and O–H groups in total. The molecule has 2 heterocycles. The number of hydrogen-bond acceptors (Lipinski definition) is 6. The van der Waals surface area contributed by atoms with Crippen LogP contribution in [-0.2, 0) is 23.7 Å². The standard InChI is InChI=1S/C15H16O6/c1-15(2)20-12-11(16)10(19-14(12)21-15)8-18-13(17)9-6-4-3-5-7-9/h3-7,10,12,14H,8H2,1-2H3. The SMILES string of the molecule is CC1(C)OC2OC(COC(=O)c3ccccc3)C(=O)C2O1. The van der Waals surface area contributed by atoms with Gasteiger partial charge in [-0.25, -0.2) is 4.79 Å². The molecule has 1 aromatic rings. The van der Waals surface area contributed by atoms with Gasteiger partial charge in [-0.05, 0) is 26.0 Å². The highest BCUT2D eigenvalue weighted by molar-refractivity contribution is 5.92. The maximum Gasteiger partial charge on any atom is 0.338 e. The summed E-state index contributed by atoms with van der Waals surface area (Å²) >= 11 is 0. The molecule has 6 nitrogen and oxygen atoms in total. The summed E-state index contributed by atoms with van der Waals surface area (Å²) in [4.78, 5) is 23.9. The third-order valence-corrected chi connectivity index (χ3v) is 3.33. The average molecular weight is 292 g/mol. The van der Waals surface area contributed by atoms with E-state index >= 15 is 0 Å². The van der Waals surface area contributed by atoms with Crippen molar-refractivity contribution < 1.29 is 28.5 Å². The second-order valence-corrected chi connectivity index (χ2v) is 5.42. The summed E-state index contributed by atoms with van der Waals surface area (Å²) in [5.41, 5.74) is 0.428. The molecule has 0 amide bonds. The van der Waals surface area contributed by atoms with Crippen LogP contribution in [0, 0.1) is 0 Å².